The van der Waals surface area contributed by atoms with Crippen molar-refractivity contribution in [3.63, 3.8) is 0 Å². The molecule has 0 aromatic carbocycles. The molecule has 0 saturated carbocycles. The van der Waals surface area contributed by atoms with Crippen molar-refractivity contribution in [3.05, 3.63) is 0 Å². The quantitative estimate of drug-likeness (QED) is 0.427. The molecule has 0 saturated heterocycles. The average molecular weight is 306 g/mol. The van der Waals surface area contributed by atoms with Crippen molar-refractivity contribution in [1.82, 2.24) is 0 Å². The van der Waals surface area contributed by atoms with Gasteiger partial charge < -0.3 is 18.9 Å². The van der Waals surface area contributed by atoms with Gasteiger partial charge in [-0.3, -0.25) is 0 Å². The van der Waals surface area contributed by atoms with E-state index < -0.39 is 0 Å². The third kappa shape index (κ3) is 28.7. The second kappa shape index (κ2) is 24.8. The Kier molecular flexibility index (Phi) is 27.3. The topological polar surface area (TPSA) is 36.9 Å². The molecule has 0 rings (SSSR count). The molecule has 0 spiro atoms. The third-order valence-electron chi connectivity index (χ3n) is 2.34. The Bertz CT molecular complexity index is 138. The Labute approximate surface area is 132 Å². The molecule has 130 valence electrons. The summed E-state index contributed by atoms with van der Waals surface area (Å²) in [6.07, 6.45) is 5.42. The van der Waals surface area contributed by atoms with Gasteiger partial charge in [-0.1, -0.05) is 27.7 Å². The van der Waals surface area contributed by atoms with Gasteiger partial charge in [0.2, 0.25) is 0 Å². The maximum Gasteiger partial charge on any atom is 0.0700 e. The molecule has 0 amide bonds. The highest BCUT2D eigenvalue weighted by Gasteiger charge is 1.88. The van der Waals surface area contributed by atoms with Gasteiger partial charge in [0.25, 0.3) is 0 Å². The van der Waals surface area contributed by atoms with Crippen molar-refractivity contribution in [3.8, 4) is 0 Å². The van der Waals surface area contributed by atoms with Crippen molar-refractivity contribution in [1.29, 1.82) is 0 Å². The second-order valence-corrected chi connectivity index (χ2v) is 4.80. The van der Waals surface area contributed by atoms with E-state index in [-0.39, 0.29) is 0 Å². The Balaban J connectivity index is 0. The van der Waals surface area contributed by atoms with Gasteiger partial charge in [-0.25, -0.2) is 0 Å². The van der Waals surface area contributed by atoms with Crippen molar-refractivity contribution in [2.24, 2.45) is 0 Å². The van der Waals surface area contributed by atoms with Gasteiger partial charge >= 0.3 is 0 Å². The van der Waals surface area contributed by atoms with Crippen LogP contribution in [0.4, 0.5) is 0 Å². The molecule has 0 aliphatic rings. The van der Waals surface area contributed by atoms with E-state index in [2.05, 4.69) is 27.7 Å². The lowest BCUT2D eigenvalue weighted by atomic mass is 10.4. The van der Waals surface area contributed by atoms with Crippen molar-refractivity contribution in [2.45, 2.75) is 59.8 Å². The van der Waals surface area contributed by atoms with Gasteiger partial charge in [0.15, 0.2) is 0 Å². The molecule has 21 heavy (non-hydrogen) atoms. The van der Waals surface area contributed by atoms with Crippen LogP contribution in [0.3, 0.4) is 0 Å². The summed E-state index contributed by atoms with van der Waals surface area (Å²) in [5.41, 5.74) is 0. The normalized spacial score (nSPS) is 10.3. The van der Waals surface area contributed by atoms with Crippen molar-refractivity contribution < 1.29 is 18.9 Å². The highest BCUT2D eigenvalue weighted by molar-refractivity contribution is 4.35. The van der Waals surface area contributed by atoms with Crippen LogP contribution < -0.4 is 0 Å². The predicted molar refractivity (Wildman–Crippen MR) is 89.1 cm³/mol. The van der Waals surface area contributed by atoms with Gasteiger partial charge in [-0.15, -0.1) is 0 Å². The van der Waals surface area contributed by atoms with Crippen LogP contribution in [0.25, 0.3) is 0 Å². The maximum absolute atomic E-state index is 5.28. The molecule has 0 fully saturated rings. The zero-order chi connectivity index (χ0) is 16.0. The van der Waals surface area contributed by atoms with Gasteiger partial charge in [0.05, 0.1) is 13.2 Å². The molecule has 0 bridgehead atoms. The molecule has 0 aliphatic carbocycles. The first-order valence-corrected chi connectivity index (χ1v) is 8.64. The average Bonchev–Trinajstić information content (AvgIpc) is 2.51. The van der Waals surface area contributed by atoms with Crippen LogP contribution in [0.5, 0.6) is 0 Å². The molecule has 0 radical (unpaired) electrons. The summed E-state index contributed by atoms with van der Waals surface area (Å²) in [5, 5.41) is 0. The van der Waals surface area contributed by atoms with E-state index in [1.807, 2.05) is 0 Å². The molecule has 4 nitrogen and oxygen atoms in total. The number of ether oxygens (including phenoxy) is 4. The van der Waals surface area contributed by atoms with Crippen LogP contribution in [0, 0.1) is 0 Å². The number of rotatable bonds is 15. The molecule has 0 aromatic heterocycles. The molecule has 0 aliphatic heterocycles. The van der Waals surface area contributed by atoms with Gasteiger partial charge in [-0.2, -0.15) is 0 Å². The standard InChI is InChI=1S/C9H20O2.C8H18O2/c1-3-6-10-8-5-9-11-7-4-2;1-3-5-9-7-8-10-6-4-2/h3-9H2,1-2H3;3-8H2,1-2H3. The summed E-state index contributed by atoms with van der Waals surface area (Å²) in [5.74, 6) is 0. The fourth-order valence-corrected chi connectivity index (χ4v) is 1.37. The summed E-state index contributed by atoms with van der Waals surface area (Å²) in [6, 6.07) is 0. The first-order valence-electron chi connectivity index (χ1n) is 8.64. The summed E-state index contributed by atoms with van der Waals surface area (Å²) < 4.78 is 21.0. The molecule has 0 N–H and O–H groups in total. The summed E-state index contributed by atoms with van der Waals surface area (Å²) in [4.78, 5) is 0. The monoisotopic (exact) mass is 306 g/mol. The Morgan fingerprint density at radius 2 is 0.667 bits per heavy atom. The van der Waals surface area contributed by atoms with Gasteiger partial charge in [0.1, 0.15) is 0 Å². The van der Waals surface area contributed by atoms with Gasteiger partial charge in [0, 0.05) is 39.6 Å². The minimum absolute atomic E-state index is 0.744. The summed E-state index contributed by atoms with van der Waals surface area (Å²) in [7, 11) is 0. The fraction of sp³-hybridized carbons (Fsp3) is 1.00. The van der Waals surface area contributed by atoms with Crippen LogP contribution in [-0.4, -0.2) is 52.9 Å². The van der Waals surface area contributed by atoms with Crippen LogP contribution >= 0.6 is 0 Å². The van der Waals surface area contributed by atoms with E-state index in [0.29, 0.717) is 0 Å². The first kappa shape index (κ1) is 23.1. The van der Waals surface area contributed by atoms with Crippen molar-refractivity contribution >= 4 is 0 Å². The van der Waals surface area contributed by atoms with E-state index in [4.69, 9.17) is 18.9 Å². The van der Waals surface area contributed by atoms with E-state index in [0.717, 1.165) is 85.0 Å². The number of hydrogen-bond acceptors (Lipinski definition) is 4. The minimum atomic E-state index is 0.744. The fourth-order valence-electron chi connectivity index (χ4n) is 1.37. The zero-order valence-electron chi connectivity index (χ0n) is 14.8. The molecule has 0 unspecified atom stereocenters. The zero-order valence-corrected chi connectivity index (χ0v) is 14.8. The van der Waals surface area contributed by atoms with E-state index in [1.165, 1.54) is 0 Å². The highest BCUT2D eigenvalue weighted by Crippen LogP contribution is 1.88. The minimum Gasteiger partial charge on any atom is -0.381 e. The van der Waals surface area contributed by atoms with E-state index in [1.54, 1.807) is 0 Å². The third-order valence-corrected chi connectivity index (χ3v) is 2.34. The SMILES string of the molecule is CCCOCCCOCCC.CCCOCCOCCC. The van der Waals surface area contributed by atoms with Crippen molar-refractivity contribution in [2.75, 3.05) is 52.9 Å². The van der Waals surface area contributed by atoms with Crippen LogP contribution in [-0.2, 0) is 18.9 Å². The lowest BCUT2D eigenvalue weighted by molar-refractivity contribution is 0.0483. The number of hydrogen-bond donors (Lipinski definition) is 0. The molecular weight excluding hydrogens is 268 g/mol. The molecule has 0 aromatic rings. The van der Waals surface area contributed by atoms with Crippen LogP contribution in [0.1, 0.15) is 59.8 Å². The second-order valence-electron chi connectivity index (χ2n) is 4.80. The first-order chi connectivity index (χ1) is 10.3. The van der Waals surface area contributed by atoms with Gasteiger partial charge in [-0.05, 0) is 32.1 Å². The van der Waals surface area contributed by atoms with Crippen LogP contribution in [0.15, 0.2) is 0 Å². The smallest absolute Gasteiger partial charge is 0.0700 e. The lowest BCUT2D eigenvalue weighted by Crippen LogP contribution is -2.04. The molecule has 0 heterocycles. The summed E-state index contributed by atoms with van der Waals surface area (Å²) >= 11 is 0. The highest BCUT2D eigenvalue weighted by atomic mass is 16.5. The Hall–Kier alpha value is -0.160. The largest absolute Gasteiger partial charge is 0.381 e. The maximum atomic E-state index is 5.28. The molecular formula is C17H38O4. The predicted octanol–water partition coefficient (Wildman–Crippen LogP) is 4.07. The summed E-state index contributed by atoms with van der Waals surface area (Å²) in [6.45, 7) is 15.1. The Morgan fingerprint density at radius 1 is 0.381 bits per heavy atom. The molecule has 4 heteroatoms. The van der Waals surface area contributed by atoms with E-state index in [9.17, 15) is 0 Å². The molecule has 0 atom stereocenters. The lowest BCUT2D eigenvalue weighted by Gasteiger charge is -2.02. The van der Waals surface area contributed by atoms with Crippen LogP contribution in [0.2, 0.25) is 0 Å². The Morgan fingerprint density at radius 3 is 0.952 bits per heavy atom. The van der Waals surface area contributed by atoms with E-state index >= 15 is 0 Å².